The second-order valence-corrected chi connectivity index (χ2v) is 11.6. The number of hydrogen-bond acceptors (Lipinski definition) is 7. The van der Waals surface area contributed by atoms with Crippen molar-refractivity contribution in [1.82, 2.24) is 24.5 Å². The Bertz CT molecular complexity index is 1490. The minimum absolute atomic E-state index is 0.00271. The van der Waals surface area contributed by atoms with Gasteiger partial charge in [-0.05, 0) is 56.9 Å². The summed E-state index contributed by atoms with van der Waals surface area (Å²) in [5.41, 5.74) is 7.92. The molecule has 3 N–H and O–H groups in total. The first kappa shape index (κ1) is 22.9. The highest BCUT2D eigenvalue weighted by Gasteiger charge is 2.47. The summed E-state index contributed by atoms with van der Waals surface area (Å²) in [6.45, 7) is 1.96. The lowest BCUT2D eigenvalue weighted by molar-refractivity contribution is 0.110. The molecule has 5 heterocycles. The lowest BCUT2D eigenvalue weighted by Gasteiger charge is -2.50. The molecular formula is C26H29N7O2S. The van der Waals surface area contributed by atoms with Gasteiger partial charge in [-0.2, -0.15) is 9.40 Å². The second-order valence-electron chi connectivity index (χ2n) is 9.73. The predicted molar refractivity (Wildman–Crippen MR) is 139 cm³/mol. The van der Waals surface area contributed by atoms with Crippen LogP contribution in [0.15, 0.2) is 65.7 Å². The monoisotopic (exact) mass is 503 g/mol. The van der Waals surface area contributed by atoms with Crippen molar-refractivity contribution >= 4 is 38.4 Å². The molecule has 36 heavy (non-hydrogen) atoms. The van der Waals surface area contributed by atoms with Crippen LogP contribution in [0.5, 0.6) is 0 Å². The highest BCUT2D eigenvalue weighted by molar-refractivity contribution is 7.89. The number of hydrogen-bond donors (Lipinski definition) is 2. The molecule has 2 bridgehead atoms. The molecule has 2 aliphatic heterocycles. The molecule has 6 rings (SSSR count). The van der Waals surface area contributed by atoms with Gasteiger partial charge in [-0.3, -0.25) is 10.1 Å². The Morgan fingerprint density at radius 3 is 2.50 bits per heavy atom. The van der Waals surface area contributed by atoms with Crippen molar-refractivity contribution in [2.75, 3.05) is 10.6 Å². The maximum Gasteiger partial charge on any atom is 0.243 e. The molecular weight excluding hydrogens is 474 g/mol. The number of sulfonamides is 1. The van der Waals surface area contributed by atoms with Gasteiger partial charge in [-0.1, -0.05) is 24.6 Å². The smallest absolute Gasteiger partial charge is 0.243 e. The summed E-state index contributed by atoms with van der Waals surface area (Å²) in [7, 11) is -3.59. The van der Waals surface area contributed by atoms with Crippen LogP contribution >= 0.6 is 0 Å². The van der Waals surface area contributed by atoms with Gasteiger partial charge in [0.15, 0.2) is 5.82 Å². The molecule has 0 spiro atoms. The molecule has 1 aromatic carbocycles. The van der Waals surface area contributed by atoms with E-state index in [9.17, 15) is 8.42 Å². The van der Waals surface area contributed by atoms with Gasteiger partial charge >= 0.3 is 0 Å². The Labute approximate surface area is 210 Å². The minimum atomic E-state index is -3.59. The van der Waals surface area contributed by atoms with Gasteiger partial charge in [0.1, 0.15) is 11.6 Å². The maximum atomic E-state index is 13.7. The number of fused-ring (bicyclic) bond motifs is 3. The number of H-pyrrole nitrogens is 1. The van der Waals surface area contributed by atoms with Crippen molar-refractivity contribution in [3.63, 3.8) is 0 Å². The van der Waals surface area contributed by atoms with Crippen LogP contribution in [0.1, 0.15) is 37.8 Å². The van der Waals surface area contributed by atoms with Crippen LogP contribution in [0.4, 0.5) is 17.5 Å². The number of rotatable bonds is 5. The maximum absolute atomic E-state index is 13.7. The van der Waals surface area contributed by atoms with Gasteiger partial charge in [0, 0.05) is 47.5 Å². The number of aromatic amines is 1. The van der Waals surface area contributed by atoms with Crippen molar-refractivity contribution in [2.24, 2.45) is 0 Å². The van der Waals surface area contributed by atoms with E-state index in [2.05, 4.69) is 20.1 Å². The standard InChI is InChI=1S/C26H29N7O2S/c1-17-13-25(31-30-17)32(26-22-11-6-12-28-23(22)16-24(27)29-26)20-14-18-7-5-8-19(15-20)33(18)36(34,35)21-9-3-2-4-10-21/h2-4,6,9-13,16,18-20H,5,7-8,14-15H2,1H3,(H2,27,29)(H,30,31)/t18-,19+,20-. The zero-order valence-electron chi connectivity index (χ0n) is 20.1. The van der Waals surface area contributed by atoms with E-state index in [1.165, 1.54) is 0 Å². The number of aromatic nitrogens is 4. The summed E-state index contributed by atoms with van der Waals surface area (Å²) in [4.78, 5) is 11.7. The van der Waals surface area contributed by atoms with Crippen molar-refractivity contribution in [2.45, 2.75) is 62.0 Å². The molecule has 10 heteroatoms. The SMILES string of the molecule is Cc1cc(N(c2nc(N)cc3ncccc23)[C@@H]2C[C@H]3CCC[C@@H](C2)N3S(=O)(=O)c2ccccc2)n[nH]1. The molecule has 0 radical (unpaired) electrons. The van der Waals surface area contributed by atoms with E-state index in [0.717, 1.165) is 41.7 Å². The van der Waals surface area contributed by atoms with E-state index >= 15 is 0 Å². The molecule has 2 saturated heterocycles. The summed E-state index contributed by atoms with van der Waals surface area (Å²) in [6.07, 6.45) is 5.78. The quantitative estimate of drug-likeness (QED) is 0.419. The third-order valence-corrected chi connectivity index (χ3v) is 9.35. The zero-order chi connectivity index (χ0) is 24.9. The summed E-state index contributed by atoms with van der Waals surface area (Å²) < 4.78 is 29.2. The highest BCUT2D eigenvalue weighted by Crippen LogP contribution is 2.43. The van der Waals surface area contributed by atoms with Gasteiger partial charge in [-0.15, -0.1) is 0 Å². The van der Waals surface area contributed by atoms with Gasteiger partial charge in [0.25, 0.3) is 0 Å². The summed E-state index contributed by atoms with van der Waals surface area (Å²) in [5, 5.41) is 8.52. The number of nitrogens with two attached hydrogens (primary N) is 1. The topological polar surface area (TPSA) is 121 Å². The Balaban J connectivity index is 1.43. The molecule has 0 saturated carbocycles. The minimum Gasteiger partial charge on any atom is -0.384 e. The number of nitrogens with zero attached hydrogens (tertiary/aromatic N) is 5. The first-order chi connectivity index (χ1) is 17.4. The molecule has 0 amide bonds. The average molecular weight is 504 g/mol. The van der Waals surface area contributed by atoms with Gasteiger partial charge in [0.05, 0.1) is 10.4 Å². The Morgan fingerprint density at radius 1 is 1.06 bits per heavy atom. The predicted octanol–water partition coefficient (Wildman–Crippen LogP) is 4.16. The third-order valence-electron chi connectivity index (χ3n) is 7.33. The van der Waals surface area contributed by atoms with Crippen LogP contribution in [0, 0.1) is 6.92 Å². The highest BCUT2D eigenvalue weighted by atomic mass is 32.2. The molecule has 2 aliphatic rings. The first-order valence-electron chi connectivity index (χ1n) is 12.3. The zero-order valence-corrected chi connectivity index (χ0v) is 20.9. The van der Waals surface area contributed by atoms with E-state index in [1.807, 2.05) is 31.2 Å². The molecule has 0 unspecified atom stereocenters. The van der Waals surface area contributed by atoms with E-state index in [-0.39, 0.29) is 18.1 Å². The molecule has 186 valence electrons. The van der Waals surface area contributed by atoms with E-state index < -0.39 is 10.0 Å². The number of nitrogen functional groups attached to an aromatic ring is 1. The Hall–Kier alpha value is -3.50. The number of aryl methyl sites for hydroxylation is 1. The van der Waals surface area contributed by atoms with Crippen molar-refractivity contribution in [3.8, 4) is 0 Å². The van der Waals surface area contributed by atoms with E-state index in [4.69, 9.17) is 10.7 Å². The fraction of sp³-hybridized carbons (Fsp3) is 0.346. The van der Waals surface area contributed by atoms with Gasteiger partial charge < -0.3 is 10.6 Å². The van der Waals surface area contributed by atoms with Crippen LogP contribution in [0.3, 0.4) is 0 Å². The van der Waals surface area contributed by atoms with E-state index in [1.54, 1.807) is 40.8 Å². The largest absolute Gasteiger partial charge is 0.384 e. The third kappa shape index (κ3) is 3.90. The van der Waals surface area contributed by atoms with Gasteiger partial charge in [0.2, 0.25) is 10.0 Å². The van der Waals surface area contributed by atoms with Crippen molar-refractivity contribution in [3.05, 3.63) is 66.5 Å². The number of nitrogens with one attached hydrogen (secondary N) is 1. The lowest BCUT2D eigenvalue weighted by atomic mass is 9.83. The Morgan fingerprint density at radius 2 is 1.81 bits per heavy atom. The fourth-order valence-corrected chi connectivity index (χ4v) is 7.80. The van der Waals surface area contributed by atoms with Crippen LogP contribution in [-0.4, -0.2) is 51.0 Å². The van der Waals surface area contributed by atoms with Crippen LogP contribution < -0.4 is 10.6 Å². The van der Waals surface area contributed by atoms with Gasteiger partial charge in [-0.25, -0.2) is 13.4 Å². The number of pyridine rings is 2. The fourth-order valence-electron chi connectivity index (χ4n) is 5.88. The summed E-state index contributed by atoms with van der Waals surface area (Å²) in [5.74, 6) is 1.84. The first-order valence-corrected chi connectivity index (χ1v) is 13.8. The molecule has 3 aromatic heterocycles. The normalized spacial score (nSPS) is 22.5. The Kier molecular flexibility index (Phi) is 5.65. The van der Waals surface area contributed by atoms with E-state index in [0.29, 0.717) is 29.4 Å². The molecule has 2 fully saturated rings. The number of piperidine rings is 2. The van der Waals surface area contributed by atoms with Crippen LogP contribution in [-0.2, 0) is 10.0 Å². The van der Waals surface area contributed by atoms with Crippen LogP contribution in [0.25, 0.3) is 10.9 Å². The van der Waals surface area contributed by atoms with Crippen molar-refractivity contribution < 1.29 is 8.42 Å². The molecule has 3 atom stereocenters. The average Bonchev–Trinajstić information content (AvgIpc) is 3.29. The number of benzene rings is 1. The van der Waals surface area contributed by atoms with Crippen LogP contribution in [0.2, 0.25) is 0 Å². The second kappa shape index (κ2) is 8.86. The summed E-state index contributed by atoms with van der Waals surface area (Å²) in [6, 6.07) is 16.2. The molecule has 4 aromatic rings. The van der Waals surface area contributed by atoms with Crippen molar-refractivity contribution in [1.29, 1.82) is 0 Å². The summed E-state index contributed by atoms with van der Waals surface area (Å²) >= 11 is 0. The number of anilines is 3. The molecule has 9 nitrogen and oxygen atoms in total. The lowest BCUT2D eigenvalue weighted by Crippen LogP contribution is -2.58. The molecule has 0 aliphatic carbocycles.